The fraction of sp³-hybridized carbons (Fsp3) is 0.667. The molecule has 1 N–H and O–H groups in total. The summed E-state index contributed by atoms with van der Waals surface area (Å²) in [6, 6.07) is 0. The van der Waals surface area contributed by atoms with Crippen LogP contribution in [0.2, 0.25) is 0 Å². The van der Waals surface area contributed by atoms with Crippen LogP contribution in [-0.2, 0) is 20.5 Å². The Balaban J connectivity index is 3.50. The van der Waals surface area contributed by atoms with Crippen LogP contribution >= 0.6 is 0 Å². The van der Waals surface area contributed by atoms with E-state index >= 15 is 0 Å². The molecule has 0 fully saturated rings. The number of carbonyl (C=O) groups excluding carboxylic acids is 1. The lowest BCUT2D eigenvalue weighted by Gasteiger charge is -1.92. The lowest BCUT2D eigenvalue weighted by molar-refractivity contribution is -0.148. The standard InChI is InChI=1S/C6H10O3S/c1-10(2)4-3-5(7)6(8)9/h3-4H2,1-2H3/p+1. The molecule has 0 aromatic rings. The van der Waals surface area contributed by atoms with Gasteiger partial charge in [-0.2, -0.15) is 0 Å². The fourth-order valence-corrected chi connectivity index (χ4v) is 0.997. The number of hydrogen-bond donors (Lipinski definition) is 1. The molecule has 4 heteroatoms. The summed E-state index contributed by atoms with van der Waals surface area (Å²) < 4.78 is 0. The third kappa shape index (κ3) is 4.38. The lowest BCUT2D eigenvalue weighted by Crippen LogP contribution is -2.16. The molecule has 10 heavy (non-hydrogen) atoms. The van der Waals surface area contributed by atoms with Crippen molar-refractivity contribution in [1.29, 1.82) is 0 Å². The second-order valence-corrected chi connectivity index (χ2v) is 4.55. The summed E-state index contributed by atoms with van der Waals surface area (Å²) in [6.45, 7) is 0. The van der Waals surface area contributed by atoms with Gasteiger partial charge in [0.2, 0.25) is 5.78 Å². The van der Waals surface area contributed by atoms with Crippen LogP contribution in [-0.4, -0.2) is 35.1 Å². The van der Waals surface area contributed by atoms with E-state index in [0.717, 1.165) is 0 Å². The fourth-order valence-electron chi connectivity index (χ4n) is 0.404. The summed E-state index contributed by atoms with van der Waals surface area (Å²) in [6.07, 6.45) is 4.13. The third-order valence-corrected chi connectivity index (χ3v) is 2.00. The number of carboxylic acid groups (broad SMARTS) is 1. The van der Waals surface area contributed by atoms with Gasteiger partial charge in [-0.25, -0.2) is 4.79 Å². The molecule has 3 nitrogen and oxygen atoms in total. The molecular weight excluding hydrogens is 152 g/mol. The molecule has 0 aliphatic carbocycles. The van der Waals surface area contributed by atoms with Crippen LogP contribution < -0.4 is 0 Å². The average molecular weight is 163 g/mol. The molecule has 0 saturated heterocycles. The minimum atomic E-state index is -1.31. The van der Waals surface area contributed by atoms with Gasteiger partial charge >= 0.3 is 5.97 Å². The van der Waals surface area contributed by atoms with Crippen molar-refractivity contribution < 1.29 is 14.7 Å². The molecule has 0 spiro atoms. The maximum absolute atomic E-state index is 10.5. The Labute approximate surface area is 62.8 Å². The summed E-state index contributed by atoms with van der Waals surface area (Å²) in [7, 11) is 0.163. The van der Waals surface area contributed by atoms with Crippen molar-refractivity contribution in [3.8, 4) is 0 Å². The van der Waals surface area contributed by atoms with Crippen LogP contribution in [0.4, 0.5) is 0 Å². The minimum absolute atomic E-state index is 0.163. The van der Waals surface area contributed by atoms with Crippen LogP contribution in [0.15, 0.2) is 0 Å². The first-order valence-electron chi connectivity index (χ1n) is 2.84. The first kappa shape index (κ1) is 9.49. The average Bonchev–Trinajstić information content (AvgIpc) is 1.82. The summed E-state index contributed by atoms with van der Waals surface area (Å²) in [5.74, 6) is -1.31. The van der Waals surface area contributed by atoms with Crippen molar-refractivity contribution in [2.75, 3.05) is 18.3 Å². The van der Waals surface area contributed by atoms with E-state index in [2.05, 4.69) is 0 Å². The second-order valence-electron chi connectivity index (χ2n) is 2.17. The van der Waals surface area contributed by atoms with E-state index in [1.54, 1.807) is 0 Å². The topological polar surface area (TPSA) is 54.4 Å². The lowest BCUT2D eigenvalue weighted by atomic mass is 10.3. The number of aliphatic carboxylic acids is 1. The highest BCUT2D eigenvalue weighted by Gasteiger charge is 2.14. The van der Waals surface area contributed by atoms with E-state index in [-0.39, 0.29) is 17.3 Å². The normalized spacial score (nSPS) is 9.90. The first-order valence-corrected chi connectivity index (χ1v) is 5.05. The largest absolute Gasteiger partial charge is 0.475 e. The van der Waals surface area contributed by atoms with E-state index in [1.165, 1.54) is 0 Å². The number of hydrogen-bond acceptors (Lipinski definition) is 2. The van der Waals surface area contributed by atoms with E-state index in [4.69, 9.17) is 5.11 Å². The summed E-state index contributed by atoms with van der Waals surface area (Å²) in [5, 5.41) is 8.15. The van der Waals surface area contributed by atoms with Gasteiger partial charge in [0.1, 0.15) is 5.75 Å². The zero-order chi connectivity index (χ0) is 8.15. The number of ketones is 1. The highest BCUT2D eigenvalue weighted by atomic mass is 32.2. The first-order chi connectivity index (χ1) is 4.54. The molecular formula is C6H11O3S+. The quantitative estimate of drug-likeness (QED) is 0.465. The maximum atomic E-state index is 10.5. The predicted octanol–water partition coefficient (Wildman–Crippen LogP) is -0.0919. The van der Waals surface area contributed by atoms with Gasteiger partial charge in [0.05, 0.1) is 18.9 Å². The molecule has 0 saturated carbocycles. The highest BCUT2D eigenvalue weighted by molar-refractivity contribution is 7.95. The molecule has 0 heterocycles. The third-order valence-electron chi connectivity index (χ3n) is 0.976. The Hall–Kier alpha value is -0.510. The molecule has 0 bridgehead atoms. The summed E-state index contributed by atoms with van der Waals surface area (Å²) in [4.78, 5) is 20.4. The van der Waals surface area contributed by atoms with Crippen molar-refractivity contribution in [1.82, 2.24) is 0 Å². The smallest absolute Gasteiger partial charge is 0.372 e. The molecule has 0 radical (unpaired) electrons. The molecule has 0 amide bonds. The zero-order valence-corrected chi connectivity index (χ0v) is 6.90. The van der Waals surface area contributed by atoms with Crippen LogP contribution in [0.25, 0.3) is 0 Å². The zero-order valence-electron chi connectivity index (χ0n) is 6.09. The molecule has 0 aliphatic heterocycles. The van der Waals surface area contributed by atoms with E-state index < -0.39 is 11.8 Å². The van der Waals surface area contributed by atoms with Crippen LogP contribution in [0, 0.1) is 0 Å². The predicted molar refractivity (Wildman–Crippen MR) is 41.3 cm³/mol. The van der Waals surface area contributed by atoms with Gasteiger partial charge in [-0.1, -0.05) is 0 Å². The minimum Gasteiger partial charge on any atom is -0.475 e. The van der Waals surface area contributed by atoms with E-state index in [1.807, 2.05) is 12.5 Å². The van der Waals surface area contributed by atoms with E-state index in [9.17, 15) is 9.59 Å². The molecule has 0 aliphatic rings. The number of carbonyl (C=O) groups is 2. The number of carboxylic acids is 1. The van der Waals surface area contributed by atoms with E-state index in [0.29, 0.717) is 5.75 Å². The van der Waals surface area contributed by atoms with Gasteiger partial charge in [0.15, 0.2) is 0 Å². The molecule has 0 aromatic heterocycles. The SMILES string of the molecule is C[S+](C)CCC(=O)C(=O)O. The van der Waals surface area contributed by atoms with Crippen molar-refractivity contribution >= 4 is 22.6 Å². The van der Waals surface area contributed by atoms with Crippen molar-refractivity contribution in [2.45, 2.75) is 6.42 Å². The van der Waals surface area contributed by atoms with Crippen LogP contribution in [0.5, 0.6) is 0 Å². The maximum Gasteiger partial charge on any atom is 0.372 e. The molecule has 0 aromatic carbocycles. The highest BCUT2D eigenvalue weighted by Crippen LogP contribution is 1.90. The van der Waals surface area contributed by atoms with Crippen LogP contribution in [0.1, 0.15) is 6.42 Å². The molecule has 58 valence electrons. The summed E-state index contributed by atoms with van der Waals surface area (Å²) in [5.41, 5.74) is 0. The number of Topliss-reactive ketones (excluding diaryl/α,β-unsaturated/α-hetero) is 1. The molecule has 0 unspecified atom stereocenters. The van der Waals surface area contributed by atoms with Gasteiger partial charge in [0.25, 0.3) is 0 Å². The van der Waals surface area contributed by atoms with Gasteiger partial charge in [-0.15, -0.1) is 0 Å². The monoisotopic (exact) mass is 163 g/mol. The summed E-state index contributed by atoms with van der Waals surface area (Å²) >= 11 is 0. The Morgan fingerprint density at radius 1 is 1.40 bits per heavy atom. The Morgan fingerprint density at radius 2 is 1.90 bits per heavy atom. The molecule has 0 atom stereocenters. The Morgan fingerprint density at radius 3 is 2.20 bits per heavy atom. The van der Waals surface area contributed by atoms with Gasteiger partial charge in [0, 0.05) is 0 Å². The van der Waals surface area contributed by atoms with Crippen molar-refractivity contribution in [3.63, 3.8) is 0 Å². The van der Waals surface area contributed by atoms with Crippen LogP contribution in [0.3, 0.4) is 0 Å². The van der Waals surface area contributed by atoms with Gasteiger partial charge in [-0.05, 0) is 10.9 Å². The van der Waals surface area contributed by atoms with Gasteiger partial charge in [-0.3, -0.25) is 4.79 Å². The number of rotatable bonds is 4. The van der Waals surface area contributed by atoms with Crippen molar-refractivity contribution in [2.24, 2.45) is 0 Å². The Bertz CT molecular complexity index is 142. The second kappa shape index (κ2) is 4.33. The molecule has 0 rings (SSSR count). The van der Waals surface area contributed by atoms with Gasteiger partial charge < -0.3 is 5.11 Å². The van der Waals surface area contributed by atoms with Crippen molar-refractivity contribution in [3.05, 3.63) is 0 Å². The Kier molecular flexibility index (Phi) is 4.11.